The molecule has 4 N–H and O–H groups in total. The molecule has 0 spiro atoms. The smallest absolute Gasteiger partial charge is 0.242 e. The molecule has 1 aliphatic carbocycles. The van der Waals surface area contributed by atoms with Crippen molar-refractivity contribution in [2.75, 3.05) is 12.8 Å². The molecule has 0 aliphatic heterocycles. The maximum atomic E-state index is 13.7. The van der Waals surface area contributed by atoms with Gasteiger partial charge in [-0.1, -0.05) is 5.10 Å². The van der Waals surface area contributed by atoms with Gasteiger partial charge in [0.25, 0.3) is 0 Å². The number of nitrogens with zero attached hydrogens (tertiary/aromatic N) is 4. The first-order valence-corrected chi connectivity index (χ1v) is 7.80. The fraction of sp³-hybridized carbons (Fsp3) is 0.467. The van der Waals surface area contributed by atoms with E-state index in [0.29, 0.717) is 24.2 Å². The quantitative estimate of drug-likeness (QED) is 0.670. The number of amides is 1. The second kappa shape index (κ2) is 7.01. The standard InChI is InChI=1S/C15H19FN6O3/c1-25-12-3-2-9(16)6-11(12)14(8-4-10(23)5-8)18-13(24)7-22-15(17)19-20-21-22/h2-3,6,8,10,14,23H,4-5,7H2,1H3,(H,18,24)(H2,17,19,21)/t8?,10?,14-/m1/s1. The van der Waals surface area contributed by atoms with Crippen LogP contribution in [0.4, 0.5) is 10.3 Å². The lowest BCUT2D eigenvalue weighted by molar-refractivity contribution is -0.123. The molecule has 9 nitrogen and oxygen atoms in total. The molecule has 1 aliphatic rings. The van der Waals surface area contributed by atoms with Crippen molar-refractivity contribution in [3.05, 3.63) is 29.6 Å². The summed E-state index contributed by atoms with van der Waals surface area (Å²) in [6.07, 6.45) is 0.606. The Kier molecular flexibility index (Phi) is 4.79. The number of hydrogen-bond donors (Lipinski definition) is 3. The molecule has 2 aromatic rings. The predicted octanol–water partition coefficient (Wildman–Crippen LogP) is 0.0314. The van der Waals surface area contributed by atoms with Gasteiger partial charge in [-0.05, 0) is 47.4 Å². The molecule has 1 heterocycles. The average molecular weight is 350 g/mol. The highest BCUT2D eigenvalue weighted by atomic mass is 19.1. The van der Waals surface area contributed by atoms with Crippen molar-refractivity contribution in [1.29, 1.82) is 0 Å². The van der Waals surface area contributed by atoms with Gasteiger partial charge in [0.1, 0.15) is 18.1 Å². The van der Waals surface area contributed by atoms with Gasteiger partial charge in [-0.3, -0.25) is 4.79 Å². The van der Waals surface area contributed by atoms with Crippen molar-refractivity contribution in [3.8, 4) is 5.75 Å². The number of hydrogen-bond acceptors (Lipinski definition) is 7. The van der Waals surface area contributed by atoms with E-state index >= 15 is 0 Å². The van der Waals surface area contributed by atoms with Gasteiger partial charge >= 0.3 is 0 Å². The number of ether oxygens (including phenoxy) is 1. The number of benzene rings is 1. The van der Waals surface area contributed by atoms with Crippen molar-refractivity contribution in [3.63, 3.8) is 0 Å². The number of rotatable bonds is 6. The van der Waals surface area contributed by atoms with Crippen LogP contribution in [0.5, 0.6) is 5.75 Å². The zero-order valence-corrected chi connectivity index (χ0v) is 13.6. The molecule has 10 heteroatoms. The molecule has 1 aromatic heterocycles. The lowest BCUT2D eigenvalue weighted by Gasteiger charge is -2.38. The van der Waals surface area contributed by atoms with E-state index < -0.39 is 18.0 Å². The predicted molar refractivity (Wildman–Crippen MR) is 84.8 cm³/mol. The van der Waals surface area contributed by atoms with E-state index in [1.165, 1.54) is 25.3 Å². The molecule has 1 atom stereocenters. The van der Waals surface area contributed by atoms with E-state index in [9.17, 15) is 14.3 Å². The Labute approximate surface area is 143 Å². The van der Waals surface area contributed by atoms with Crippen molar-refractivity contribution < 1.29 is 19.0 Å². The topological polar surface area (TPSA) is 128 Å². The molecule has 25 heavy (non-hydrogen) atoms. The van der Waals surface area contributed by atoms with E-state index in [0.717, 1.165) is 4.68 Å². The Hall–Kier alpha value is -2.75. The Morgan fingerprint density at radius 1 is 1.56 bits per heavy atom. The summed E-state index contributed by atoms with van der Waals surface area (Å²) in [7, 11) is 1.48. The van der Waals surface area contributed by atoms with E-state index in [2.05, 4.69) is 20.8 Å². The van der Waals surface area contributed by atoms with Crippen molar-refractivity contribution in [1.82, 2.24) is 25.5 Å². The van der Waals surface area contributed by atoms with E-state index in [1.54, 1.807) is 0 Å². The van der Waals surface area contributed by atoms with Crippen LogP contribution in [0.3, 0.4) is 0 Å². The minimum Gasteiger partial charge on any atom is -0.496 e. The number of aromatic nitrogens is 4. The van der Waals surface area contributed by atoms with Crippen molar-refractivity contribution in [2.24, 2.45) is 5.92 Å². The maximum absolute atomic E-state index is 13.7. The first kappa shape index (κ1) is 17.1. The summed E-state index contributed by atoms with van der Waals surface area (Å²) in [5.41, 5.74) is 6.08. The van der Waals surface area contributed by atoms with Gasteiger partial charge in [0, 0.05) is 5.56 Å². The summed E-state index contributed by atoms with van der Waals surface area (Å²) in [5, 5.41) is 23.0. The second-order valence-electron chi connectivity index (χ2n) is 6.01. The number of nitrogen functional groups attached to an aromatic ring is 1. The molecule has 0 bridgehead atoms. The van der Waals surface area contributed by atoms with Crippen LogP contribution in [0.15, 0.2) is 18.2 Å². The second-order valence-corrected chi connectivity index (χ2v) is 6.01. The zero-order chi connectivity index (χ0) is 18.0. The van der Waals surface area contributed by atoms with E-state index in [1.807, 2.05) is 0 Å². The van der Waals surface area contributed by atoms with E-state index in [-0.39, 0.29) is 24.3 Å². The highest BCUT2D eigenvalue weighted by molar-refractivity contribution is 5.76. The summed E-state index contributed by atoms with van der Waals surface area (Å²) in [6, 6.07) is 3.63. The molecule has 1 aromatic carbocycles. The van der Waals surface area contributed by atoms with Crippen molar-refractivity contribution in [2.45, 2.75) is 31.5 Å². The number of carbonyl (C=O) groups is 1. The van der Waals surface area contributed by atoms with Crippen LogP contribution in [0.2, 0.25) is 0 Å². The van der Waals surface area contributed by atoms with E-state index in [4.69, 9.17) is 10.5 Å². The third kappa shape index (κ3) is 3.68. The number of aliphatic hydroxyl groups is 1. The summed E-state index contributed by atoms with van der Waals surface area (Å²) in [6.45, 7) is -0.164. The third-order valence-electron chi connectivity index (χ3n) is 4.32. The Morgan fingerprint density at radius 3 is 2.92 bits per heavy atom. The van der Waals surface area contributed by atoms with Crippen molar-refractivity contribution >= 4 is 11.9 Å². The monoisotopic (exact) mass is 350 g/mol. The molecule has 0 radical (unpaired) electrons. The average Bonchev–Trinajstić information content (AvgIpc) is 2.95. The zero-order valence-electron chi connectivity index (χ0n) is 13.6. The normalized spacial score (nSPS) is 20.6. The number of tetrazole rings is 1. The van der Waals surface area contributed by atoms with Crippen LogP contribution in [0, 0.1) is 11.7 Å². The van der Waals surface area contributed by atoms with Gasteiger partial charge < -0.3 is 20.9 Å². The highest BCUT2D eigenvalue weighted by Crippen LogP contribution is 2.41. The molecule has 0 unspecified atom stereocenters. The fourth-order valence-electron chi connectivity index (χ4n) is 2.98. The first-order valence-electron chi connectivity index (χ1n) is 7.80. The number of nitrogens with two attached hydrogens (primary N) is 1. The summed E-state index contributed by atoms with van der Waals surface area (Å²) in [4.78, 5) is 12.4. The Balaban J connectivity index is 1.82. The Bertz CT molecular complexity index is 761. The Morgan fingerprint density at radius 2 is 2.32 bits per heavy atom. The van der Waals surface area contributed by atoms with Gasteiger partial charge in [0.2, 0.25) is 11.9 Å². The van der Waals surface area contributed by atoms with Gasteiger partial charge in [0.15, 0.2) is 0 Å². The number of nitrogens with one attached hydrogen (secondary N) is 1. The van der Waals surface area contributed by atoms with Crippen LogP contribution in [0.1, 0.15) is 24.4 Å². The number of aliphatic hydroxyl groups excluding tert-OH is 1. The van der Waals surface area contributed by atoms with Gasteiger partial charge in [-0.25, -0.2) is 9.07 Å². The van der Waals surface area contributed by atoms with Crippen LogP contribution < -0.4 is 15.8 Å². The van der Waals surface area contributed by atoms with Gasteiger partial charge in [0.05, 0.1) is 19.3 Å². The summed E-state index contributed by atoms with van der Waals surface area (Å²) < 4.78 is 20.2. The van der Waals surface area contributed by atoms with Crippen LogP contribution in [-0.4, -0.2) is 44.4 Å². The number of methoxy groups -OCH3 is 1. The number of anilines is 1. The molecule has 0 saturated heterocycles. The summed E-state index contributed by atoms with van der Waals surface area (Å²) >= 11 is 0. The highest BCUT2D eigenvalue weighted by Gasteiger charge is 2.37. The lowest BCUT2D eigenvalue weighted by Crippen LogP contribution is -2.42. The molecular weight excluding hydrogens is 331 g/mol. The first-order chi connectivity index (χ1) is 12.0. The molecule has 134 valence electrons. The number of carbonyl (C=O) groups excluding carboxylic acids is 1. The molecule has 1 amide bonds. The molecular formula is C15H19FN6O3. The maximum Gasteiger partial charge on any atom is 0.242 e. The molecule has 1 saturated carbocycles. The number of halogens is 1. The third-order valence-corrected chi connectivity index (χ3v) is 4.32. The largest absolute Gasteiger partial charge is 0.496 e. The molecule has 1 fully saturated rings. The SMILES string of the molecule is COc1ccc(F)cc1[C@H](NC(=O)Cn1nnnc1N)C1CC(O)C1. The van der Waals surface area contributed by atoms with Gasteiger partial charge in [-0.2, -0.15) is 0 Å². The van der Waals surface area contributed by atoms with Crippen LogP contribution in [0.25, 0.3) is 0 Å². The lowest BCUT2D eigenvalue weighted by atomic mass is 9.75. The van der Waals surface area contributed by atoms with Crippen LogP contribution in [-0.2, 0) is 11.3 Å². The fourth-order valence-corrected chi connectivity index (χ4v) is 2.98. The summed E-state index contributed by atoms with van der Waals surface area (Å²) in [5.74, 6) is -0.346. The molecule has 3 rings (SSSR count). The minimum atomic E-state index is -0.501. The minimum absolute atomic E-state index is 0.0223. The van der Waals surface area contributed by atoms with Crippen LogP contribution >= 0.6 is 0 Å². The van der Waals surface area contributed by atoms with Gasteiger partial charge in [-0.15, -0.1) is 0 Å².